The molecule has 3 heteroatoms. The van der Waals surface area contributed by atoms with E-state index >= 15 is 0 Å². The van der Waals surface area contributed by atoms with E-state index in [-0.39, 0.29) is 5.41 Å². The van der Waals surface area contributed by atoms with Crippen molar-refractivity contribution in [1.82, 2.24) is 0 Å². The van der Waals surface area contributed by atoms with Crippen LogP contribution < -0.4 is 0 Å². The van der Waals surface area contributed by atoms with Crippen LogP contribution in [0.25, 0.3) is 0 Å². The summed E-state index contributed by atoms with van der Waals surface area (Å²) in [5.74, 6) is -0.920. The van der Waals surface area contributed by atoms with Crippen molar-refractivity contribution in [2.45, 2.75) is 47.0 Å². The summed E-state index contributed by atoms with van der Waals surface area (Å²) >= 11 is 2.01. The van der Waals surface area contributed by atoms with Crippen LogP contribution in [0.4, 0.5) is 0 Å². The fourth-order valence-corrected chi connectivity index (χ4v) is 3.21. The molecule has 0 spiro atoms. The van der Waals surface area contributed by atoms with Crippen LogP contribution in [0.2, 0.25) is 0 Å². The number of halogens is 1. The number of aliphatic carboxylic acids is 1. The van der Waals surface area contributed by atoms with Crippen LogP contribution in [0.1, 0.15) is 47.0 Å². The molecule has 0 fully saturated rings. The Kier molecular flexibility index (Phi) is 7.33. The number of carbonyl (C=O) groups is 1. The van der Waals surface area contributed by atoms with Crippen LogP contribution in [-0.2, 0) is 4.79 Å². The van der Waals surface area contributed by atoms with Gasteiger partial charge in [-0.1, -0.05) is 49.3 Å². The third kappa shape index (κ3) is 6.34. The van der Waals surface area contributed by atoms with Crippen molar-refractivity contribution < 1.29 is 9.90 Å². The molecule has 1 N–H and O–H groups in total. The number of rotatable bonds is 5. The van der Waals surface area contributed by atoms with Gasteiger partial charge in [-0.05, 0) is 72.8 Å². The average molecular weight is 412 g/mol. The lowest BCUT2D eigenvalue weighted by atomic mass is 9.72. The van der Waals surface area contributed by atoms with Crippen molar-refractivity contribution in [2.75, 3.05) is 0 Å². The topological polar surface area (TPSA) is 37.3 Å². The van der Waals surface area contributed by atoms with Crippen LogP contribution in [0, 0.1) is 5.41 Å². The van der Waals surface area contributed by atoms with Crippen LogP contribution in [-0.4, -0.2) is 11.1 Å². The predicted molar refractivity (Wildman–Crippen MR) is 102 cm³/mol. The molecule has 0 bridgehead atoms. The van der Waals surface area contributed by atoms with Gasteiger partial charge in [0.2, 0.25) is 0 Å². The smallest absolute Gasteiger partial charge is 0.329 e. The molecule has 0 aliphatic heterocycles. The van der Waals surface area contributed by atoms with E-state index in [0.717, 1.165) is 5.57 Å². The van der Waals surface area contributed by atoms with Gasteiger partial charge in [0, 0.05) is 9.66 Å². The Hall–Kier alpha value is -1.10. The minimum absolute atomic E-state index is 0.258. The number of hydrogen-bond donors (Lipinski definition) is 1. The highest BCUT2D eigenvalue weighted by atomic mass is 127. The van der Waals surface area contributed by atoms with Gasteiger partial charge in [0.15, 0.2) is 0 Å². The van der Waals surface area contributed by atoms with Gasteiger partial charge < -0.3 is 5.11 Å². The van der Waals surface area contributed by atoms with Crippen molar-refractivity contribution in [2.24, 2.45) is 5.41 Å². The van der Waals surface area contributed by atoms with Gasteiger partial charge in [0.05, 0.1) is 0 Å². The summed E-state index contributed by atoms with van der Waals surface area (Å²) in [4.78, 5) is 10.5. The van der Waals surface area contributed by atoms with Crippen molar-refractivity contribution in [3.05, 3.63) is 56.8 Å². The van der Waals surface area contributed by atoms with Gasteiger partial charge in [-0.3, -0.25) is 0 Å². The van der Waals surface area contributed by atoms with E-state index in [9.17, 15) is 4.79 Å². The summed E-state index contributed by atoms with van der Waals surface area (Å²) in [5, 5.41) is 8.65. The van der Waals surface area contributed by atoms with Gasteiger partial charge >= 0.3 is 5.97 Å². The molecule has 0 radical (unpaired) electrons. The average Bonchev–Trinajstić information content (AvgIpc) is 2.36. The summed E-state index contributed by atoms with van der Waals surface area (Å²) in [6, 6.07) is 0. The maximum atomic E-state index is 10.5. The zero-order valence-corrected chi connectivity index (χ0v) is 16.0. The van der Waals surface area contributed by atoms with Gasteiger partial charge in [-0.15, -0.1) is 0 Å². The Balaban J connectivity index is 2.79. The van der Waals surface area contributed by atoms with Crippen LogP contribution in [0.5, 0.6) is 0 Å². The molecule has 0 aromatic heterocycles. The van der Waals surface area contributed by atoms with Crippen LogP contribution in [0.3, 0.4) is 0 Å². The number of carboxylic acid groups (broad SMARTS) is 1. The summed E-state index contributed by atoms with van der Waals surface area (Å²) in [7, 11) is 0. The second kappa shape index (κ2) is 8.51. The monoisotopic (exact) mass is 412 g/mol. The molecule has 0 saturated heterocycles. The molecule has 0 saturated carbocycles. The lowest BCUT2D eigenvalue weighted by Gasteiger charge is -2.32. The van der Waals surface area contributed by atoms with Gasteiger partial charge in [-0.2, -0.15) is 0 Å². The molecule has 1 aliphatic rings. The molecule has 0 heterocycles. The first kappa shape index (κ1) is 18.9. The fourth-order valence-electron chi connectivity index (χ4n) is 2.74. The number of carboxylic acids is 1. The Bertz CT molecular complexity index is 572. The first-order chi connectivity index (χ1) is 10.2. The summed E-state index contributed by atoms with van der Waals surface area (Å²) < 4.78 is 0.699. The second-order valence-electron chi connectivity index (χ2n) is 6.40. The Morgan fingerprint density at radius 1 is 1.32 bits per heavy atom. The largest absolute Gasteiger partial charge is 0.478 e. The molecule has 0 aromatic carbocycles. The highest BCUT2D eigenvalue weighted by Crippen LogP contribution is 2.40. The predicted octanol–water partition coefficient (Wildman–Crippen LogP) is 5.98. The van der Waals surface area contributed by atoms with Crippen molar-refractivity contribution >= 4 is 28.6 Å². The lowest BCUT2D eigenvalue weighted by Crippen LogP contribution is -2.19. The van der Waals surface area contributed by atoms with E-state index in [1.165, 1.54) is 36.5 Å². The van der Waals surface area contributed by atoms with Crippen molar-refractivity contribution in [3.63, 3.8) is 0 Å². The van der Waals surface area contributed by atoms with Crippen molar-refractivity contribution in [3.8, 4) is 0 Å². The van der Waals surface area contributed by atoms with E-state index in [4.69, 9.17) is 5.11 Å². The maximum Gasteiger partial charge on any atom is 0.329 e. The minimum atomic E-state index is -0.920. The van der Waals surface area contributed by atoms with Gasteiger partial charge in [-0.25, -0.2) is 4.79 Å². The number of hydrogen-bond acceptors (Lipinski definition) is 1. The van der Waals surface area contributed by atoms with E-state index in [2.05, 4.69) is 39.8 Å². The highest BCUT2D eigenvalue weighted by molar-refractivity contribution is 14.1. The summed E-state index contributed by atoms with van der Waals surface area (Å²) in [6.07, 6.45) is 15.0. The molecule has 120 valence electrons. The summed E-state index contributed by atoms with van der Waals surface area (Å²) in [6.45, 7) is 8.92. The third-order valence-corrected chi connectivity index (χ3v) is 4.60. The summed E-state index contributed by atoms with van der Waals surface area (Å²) in [5.41, 5.74) is 4.36. The Morgan fingerprint density at radius 3 is 2.59 bits per heavy atom. The highest BCUT2D eigenvalue weighted by Gasteiger charge is 2.26. The minimum Gasteiger partial charge on any atom is -0.478 e. The van der Waals surface area contributed by atoms with E-state index in [1.54, 1.807) is 6.08 Å². The molecule has 1 aliphatic carbocycles. The standard InChI is InChI=1S/C19H25IO2/c1-14(7-5-9-16(20)13-18(21)22)10-11-17-15(2)8-6-12-19(17,3)4/h5,7,9-11,13H,6,8,12H2,1-4H3,(H,21,22)/b9-5+,11-10+,14-7+,16-13-. The van der Waals surface area contributed by atoms with Crippen molar-refractivity contribution in [1.29, 1.82) is 0 Å². The molecule has 0 amide bonds. The molecule has 22 heavy (non-hydrogen) atoms. The quantitative estimate of drug-likeness (QED) is 0.343. The molecular weight excluding hydrogens is 387 g/mol. The fraction of sp³-hybridized carbons (Fsp3) is 0.421. The SMILES string of the molecule is CC1=C(/C=C/C(C)=C/C=C/C(I)=C/C(=O)O)C(C)(C)CCC1. The molecule has 2 nitrogen and oxygen atoms in total. The lowest BCUT2D eigenvalue weighted by molar-refractivity contribution is -0.131. The van der Waals surface area contributed by atoms with Crippen LogP contribution in [0.15, 0.2) is 56.8 Å². The normalized spacial score (nSPS) is 20.2. The molecule has 1 rings (SSSR count). The van der Waals surface area contributed by atoms with Gasteiger partial charge in [0.1, 0.15) is 0 Å². The van der Waals surface area contributed by atoms with E-state index in [0.29, 0.717) is 3.58 Å². The Labute approximate surface area is 147 Å². The van der Waals surface area contributed by atoms with E-state index < -0.39 is 5.97 Å². The third-order valence-electron chi connectivity index (χ3n) is 3.93. The van der Waals surface area contributed by atoms with Gasteiger partial charge in [0.25, 0.3) is 0 Å². The van der Waals surface area contributed by atoms with Crippen LogP contribution >= 0.6 is 22.6 Å². The second-order valence-corrected chi connectivity index (χ2v) is 7.65. The maximum absolute atomic E-state index is 10.5. The van der Waals surface area contributed by atoms with E-state index in [1.807, 2.05) is 34.7 Å². The zero-order valence-electron chi connectivity index (χ0n) is 13.8. The first-order valence-electron chi connectivity index (χ1n) is 7.56. The molecule has 0 unspecified atom stereocenters. The molecular formula is C19H25IO2. The molecule has 0 atom stereocenters. The zero-order chi connectivity index (χ0) is 16.8. The molecule has 0 aromatic rings. The Morgan fingerprint density at radius 2 is 2.00 bits per heavy atom. The number of allylic oxidation sites excluding steroid dienone is 9. The first-order valence-corrected chi connectivity index (χ1v) is 8.63.